The molecule has 1 N–H and O–H groups in total. The Labute approximate surface area is 125 Å². The summed E-state index contributed by atoms with van der Waals surface area (Å²) in [7, 11) is 0. The van der Waals surface area contributed by atoms with Crippen molar-refractivity contribution < 1.29 is 0 Å². The Hall–Kier alpha value is -1.75. The second-order valence-electron chi connectivity index (χ2n) is 6.10. The standard InChI is InChI=1S/C16H23N5/c1-12(2)21-9-4-13(5-10-21)11-15-16(18-8-7-17-15)14-3-6-19-20-14/h3,6-8,12-13H,4-5,9-11H2,1-2H3,(H,19,20). The van der Waals surface area contributed by atoms with Crippen LogP contribution in [0.1, 0.15) is 32.4 Å². The summed E-state index contributed by atoms with van der Waals surface area (Å²) < 4.78 is 0. The zero-order chi connectivity index (χ0) is 14.7. The molecule has 3 rings (SSSR count). The van der Waals surface area contributed by atoms with Crippen molar-refractivity contribution in [1.82, 2.24) is 25.1 Å². The van der Waals surface area contributed by atoms with Crippen LogP contribution in [0.3, 0.4) is 0 Å². The Bertz CT molecular complexity index is 556. The summed E-state index contributed by atoms with van der Waals surface area (Å²) in [6.07, 6.45) is 8.80. The van der Waals surface area contributed by atoms with Crippen molar-refractivity contribution >= 4 is 0 Å². The molecule has 3 heterocycles. The number of nitrogens with one attached hydrogen (secondary N) is 1. The van der Waals surface area contributed by atoms with Crippen molar-refractivity contribution in [2.45, 2.75) is 39.2 Å². The van der Waals surface area contributed by atoms with Crippen LogP contribution in [0, 0.1) is 5.92 Å². The van der Waals surface area contributed by atoms with Crippen molar-refractivity contribution in [2.75, 3.05) is 13.1 Å². The van der Waals surface area contributed by atoms with Gasteiger partial charge in [0.1, 0.15) is 5.69 Å². The first-order chi connectivity index (χ1) is 10.2. The third-order valence-electron chi connectivity index (χ3n) is 4.39. The number of nitrogens with zero attached hydrogens (tertiary/aromatic N) is 4. The molecule has 1 fully saturated rings. The molecule has 0 atom stereocenters. The van der Waals surface area contributed by atoms with Gasteiger partial charge in [-0.25, -0.2) is 0 Å². The van der Waals surface area contributed by atoms with E-state index in [2.05, 4.69) is 38.9 Å². The van der Waals surface area contributed by atoms with Gasteiger partial charge in [0, 0.05) is 24.6 Å². The van der Waals surface area contributed by atoms with E-state index in [0.717, 1.165) is 23.5 Å². The number of likely N-dealkylation sites (tertiary alicyclic amines) is 1. The predicted molar refractivity (Wildman–Crippen MR) is 82.8 cm³/mol. The molecule has 1 aliphatic rings. The van der Waals surface area contributed by atoms with Crippen LogP contribution in [-0.2, 0) is 6.42 Å². The Morgan fingerprint density at radius 3 is 2.62 bits per heavy atom. The predicted octanol–water partition coefficient (Wildman–Crippen LogP) is 2.53. The molecule has 0 aliphatic carbocycles. The second kappa shape index (κ2) is 6.35. The molecule has 1 aliphatic heterocycles. The lowest BCUT2D eigenvalue weighted by Crippen LogP contribution is -2.38. The van der Waals surface area contributed by atoms with E-state index in [0.29, 0.717) is 12.0 Å². The number of H-pyrrole nitrogens is 1. The summed E-state index contributed by atoms with van der Waals surface area (Å²) in [5, 5.41) is 7.01. The molecular weight excluding hydrogens is 262 g/mol. The van der Waals surface area contributed by atoms with E-state index in [1.807, 2.05) is 6.07 Å². The lowest BCUT2D eigenvalue weighted by Gasteiger charge is -2.34. The summed E-state index contributed by atoms with van der Waals surface area (Å²) in [6.45, 7) is 6.95. The van der Waals surface area contributed by atoms with Crippen LogP contribution >= 0.6 is 0 Å². The molecule has 5 heteroatoms. The Kier molecular flexibility index (Phi) is 4.29. The molecule has 0 unspecified atom stereocenters. The van der Waals surface area contributed by atoms with Crippen molar-refractivity contribution in [3.8, 4) is 11.4 Å². The fourth-order valence-corrected chi connectivity index (χ4v) is 3.08. The maximum absolute atomic E-state index is 4.56. The zero-order valence-electron chi connectivity index (χ0n) is 12.8. The zero-order valence-corrected chi connectivity index (χ0v) is 12.8. The number of aromatic nitrogens is 4. The van der Waals surface area contributed by atoms with Gasteiger partial charge in [0.05, 0.1) is 11.4 Å². The molecule has 0 radical (unpaired) electrons. The minimum absolute atomic E-state index is 0.656. The highest BCUT2D eigenvalue weighted by molar-refractivity contribution is 5.55. The minimum atomic E-state index is 0.656. The van der Waals surface area contributed by atoms with E-state index in [1.165, 1.54) is 25.9 Å². The molecule has 2 aromatic rings. The van der Waals surface area contributed by atoms with E-state index < -0.39 is 0 Å². The number of hydrogen-bond donors (Lipinski definition) is 1. The first-order valence-corrected chi connectivity index (χ1v) is 7.77. The number of rotatable bonds is 4. The average Bonchev–Trinajstić information content (AvgIpc) is 3.02. The van der Waals surface area contributed by atoms with Gasteiger partial charge < -0.3 is 4.90 Å². The summed E-state index contributed by atoms with van der Waals surface area (Å²) in [6, 6.07) is 2.61. The van der Waals surface area contributed by atoms with Gasteiger partial charge in [0.25, 0.3) is 0 Å². The van der Waals surface area contributed by atoms with Crippen LogP contribution in [0.15, 0.2) is 24.7 Å². The molecule has 0 saturated carbocycles. The van der Waals surface area contributed by atoms with Crippen LogP contribution in [0.4, 0.5) is 0 Å². The fraction of sp³-hybridized carbons (Fsp3) is 0.562. The summed E-state index contributed by atoms with van der Waals surface area (Å²) >= 11 is 0. The van der Waals surface area contributed by atoms with E-state index in [-0.39, 0.29) is 0 Å². The first-order valence-electron chi connectivity index (χ1n) is 7.77. The van der Waals surface area contributed by atoms with Crippen molar-refractivity contribution in [3.63, 3.8) is 0 Å². The maximum Gasteiger partial charge on any atom is 0.110 e. The lowest BCUT2D eigenvalue weighted by molar-refractivity contribution is 0.149. The summed E-state index contributed by atoms with van der Waals surface area (Å²) in [5.41, 5.74) is 2.99. The maximum atomic E-state index is 4.56. The van der Waals surface area contributed by atoms with Crippen molar-refractivity contribution in [2.24, 2.45) is 5.92 Å². The molecule has 0 amide bonds. The molecule has 0 spiro atoms. The topological polar surface area (TPSA) is 57.7 Å². The van der Waals surface area contributed by atoms with Gasteiger partial charge in [-0.1, -0.05) is 0 Å². The molecule has 2 aromatic heterocycles. The fourth-order valence-electron chi connectivity index (χ4n) is 3.08. The van der Waals surface area contributed by atoms with Gasteiger partial charge in [0.15, 0.2) is 0 Å². The molecule has 21 heavy (non-hydrogen) atoms. The molecular formula is C16H23N5. The molecule has 112 valence electrons. The molecule has 1 saturated heterocycles. The SMILES string of the molecule is CC(C)N1CCC(Cc2nccnc2-c2ccn[nH]2)CC1. The van der Waals surface area contributed by atoms with Crippen LogP contribution in [0.25, 0.3) is 11.4 Å². The van der Waals surface area contributed by atoms with Gasteiger partial charge in [-0.2, -0.15) is 5.10 Å². The van der Waals surface area contributed by atoms with Crippen LogP contribution < -0.4 is 0 Å². The monoisotopic (exact) mass is 285 g/mol. The highest BCUT2D eigenvalue weighted by Gasteiger charge is 2.22. The Balaban J connectivity index is 1.69. The molecule has 0 aromatic carbocycles. The largest absolute Gasteiger partial charge is 0.301 e. The quantitative estimate of drug-likeness (QED) is 0.938. The van der Waals surface area contributed by atoms with Crippen LogP contribution in [0.2, 0.25) is 0 Å². The number of aromatic amines is 1. The average molecular weight is 285 g/mol. The van der Waals surface area contributed by atoms with Gasteiger partial charge in [-0.15, -0.1) is 0 Å². The molecule has 0 bridgehead atoms. The van der Waals surface area contributed by atoms with Gasteiger partial charge in [-0.3, -0.25) is 15.1 Å². The Morgan fingerprint density at radius 1 is 1.19 bits per heavy atom. The van der Waals surface area contributed by atoms with Crippen LogP contribution in [0.5, 0.6) is 0 Å². The van der Waals surface area contributed by atoms with Gasteiger partial charge in [0.2, 0.25) is 0 Å². The first kappa shape index (κ1) is 14.2. The van der Waals surface area contributed by atoms with E-state index in [4.69, 9.17) is 0 Å². The van der Waals surface area contributed by atoms with Crippen LogP contribution in [-0.4, -0.2) is 44.2 Å². The highest BCUT2D eigenvalue weighted by atomic mass is 15.1. The minimum Gasteiger partial charge on any atom is -0.301 e. The third-order valence-corrected chi connectivity index (χ3v) is 4.39. The smallest absolute Gasteiger partial charge is 0.110 e. The van der Waals surface area contributed by atoms with Gasteiger partial charge >= 0.3 is 0 Å². The van der Waals surface area contributed by atoms with Gasteiger partial charge in [-0.05, 0) is 58.2 Å². The Morgan fingerprint density at radius 2 is 1.95 bits per heavy atom. The highest BCUT2D eigenvalue weighted by Crippen LogP contribution is 2.25. The third kappa shape index (κ3) is 3.29. The van der Waals surface area contributed by atoms with E-state index in [9.17, 15) is 0 Å². The van der Waals surface area contributed by atoms with Crippen molar-refractivity contribution in [1.29, 1.82) is 0 Å². The summed E-state index contributed by atoms with van der Waals surface area (Å²) in [5.74, 6) is 0.707. The second-order valence-corrected chi connectivity index (χ2v) is 6.10. The van der Waals surface area contributed by atoms with Crippen molar-refractivity contribution in [3.05, 3.63) is 30.4 Å². The number of hydrogen-bond acceptors (Lipinski definition) is 4. The van der Waals surface area contributed by atoms with E-state index >= 15 is 0 Å². The number of piperidine rings is 1. The van der Waals surface area contributed by atoms with E-state index in [1.54, 1.807) is 18.6 Å². The molecule has 5 nitrogen and oxygen atoms in total. The normalized spacial score (nSPS) is 17.5. The lowest BCUT2D eigenvalue weighted by atomic mass is 9.90. The summed E-state index contributed by atoms with van der Waals surface area (Å²) in [4.78, 5) is 11.6.